The lowest BCUT2D eigenvalue weighted by Gasteiger charge is -2.35. The lowest BCUT2D eigenvalue weighted by Crippen LogP contribution is -2.49. The molecule has 1 fully saturated rings. The van der Waals surface area contributed by atoms with Crippen molar-refractivity contribution in [3.05, 3.63) is 94.2 Å². The predicted molar refractivity (Wildman–Crippen MR) is 158 cm³/mol. The average Bonchev–Trinajstić information content (AvgIpc) is 2.97. The zero-order valence-corrected chi connectivity index (χ0v) is 23.6. The van der Waals surface area contributed by atoms with Gasteiger partial charge in [-0.25, -0.2) is 9.97 Å². The minimum atomic E-state index is -4.55. The third-order valence-corrected chi connectivity index (χ3v) is 7.41. The van der Waals surface area contributed by atoms with Crippen molar-refractivity contribution in [1.82, 2.24) is 20.2 Å². The Morgan fingerprint density at radius 2 is 1.90 bits per heavy atom. The molecule has 1 amide bonds. The molecule has 3 N–H and O–H groups in total. The van der Waals surface area contributed by atoms with Gasteiger partial charge in [-0.05, 0) is 55.8 Å². The quantitative estimate of drug-likeness (QED) is 0.276. The number of piperazine rings is 1. The Hall–Kier alpha value is -4.46. The molecule has 0 saturated carbocycles. The molecular formula is C32H31F3N6O. The number of fused-ring (bicyclic) bond motifs is 1. The Morgan fingerprint density at radius 1 is 1.12 bits per heavy atom. The highest BCUT2D eigenvalue weighted by Crippen LogP contribution is 2.36. The number of carbonyl (C=O) groups is 1. The lowest BCUT2D eigenvalue weighted by atomic mass is 10.0. The van der Waals surface area contributed by atoms with Crippen molar-refractivity contribution < 1.29 is 18.0 Å². The van der Waals surface area contributed by atoms with Gasteiger partial charge in [-0.15, -0.1) is 0 Å². The van der Waals surface area contributed by atoms with Crippen LogP contribution in [0.25, 0.3) is 10.9 Å². The van der Waals surface area contributed by atoms with Crippen LogP contribution in [0.3, 0.4) is 0 Å². The van der Waals surface area contributed by atoms with Crippen LogP contribution >= 0.6 is 0 Å². The standard InChI is InChI=1S/C32H31F3N6O/c1-20-10-11-24(16-23(20)13-12-22-6-4-8-28-25(22)18-38-31(36-3)40-28)30(42)39-29-9-5-7-27(32(33,34)35)26(29)19-41-15-14-37-17-21(41)2/h4-11,16,18,21,37H,14-15,17,19H2,1-3H3,(H,39,42)(H,36,38,40). The van der Waals surface area contributed by atoms with Crippen molar-refractivity contribution in [2.75, 3.05) is 37.3 Å². The number of anilines is 2. The number of aromatic nitrogens is 2. The number of hydrogen-bond donors (Lipinski definition) is 3. The first-order valence-electron chi connectivity index (χ1n) is 13.7. The van der Waals surface area contributed by atoms with Gasteiger partial charge in [0.2, 0.25) is 5.95 Å². The van der Waals surface area contributed by atoms with Gasteiger partial charge < -0.3 is 16.0 Å². The molecule has 0 spiro atoms. The number of alkyl halides is 3. The number of rotatable bonds is 5. The third kappa shape index (κ3) is 6.38. The molecule has 1 aliphatic heterocycles. The van der Waals surface area contributed by atoms with E-state index in [4.69, 9.17) is 0 Å². The van der Waals surface area contributed by atoms with E-state index in [1.165, 1.54) is 12.1 Å². The van der Waals surface area contributed by atoms with Crippen LogP contribution in [0, 0.1) is 18.8 Å². The zero-order chi connectivity index (χ0) is 29.9. The monoisotopic (exact) mass is 572 g/mol. The molecule has 2 heterocycles. The molecule has 10 heteroatoms. The van der Waals surface area contributed by atoms with Gasteiger partial charge in [0, 0.05) is 78.8 Å². The van der Waals surface area contributed by atoms with Gasteiger partial charge in [-0.1, -0.05) is 30.0 Å². The molecule has 1 saturated heterocycles. The van der Waals surface area contributed by atoms with E-state index in [0.29, 0.717) is 36.7 Å². The first kappa shape index (κ1) is 29.0. The van der Waals surface area contributed by atoms with Gasteiger partial charge in [0.25, 0.3) is 5.91 Å². The molecule has 1 aromatic heterocycles. The number of halogens is 3. The smallest absolute Gasteiger partial charge is 0.357 e. The van der Waals surface area contributed by atoms with Gasteiger partial charge >= 0.3 is 6.18 Å². The summed E-state index contributed by atoms with van der Waals surface area (Å²) in [4.78, 5) is 24.1. The summed E-state index contributed by atoms with van der Waals surface area (Å²) in [6.45, 7) is 5.92. The Kier molecular flexibility index (Phi) is 8.43. The molecule has 5 rings (SSSR count). The molecule has 0 radical (unpaired) electrons. The Labute approximate surface area is 242 Å². The SMILES string of the molecule is CNc1ncc2c(C#Cc3cc(C(=O)Nc4cccc(C(F)(F)F)c4CN4CCNCC4C)ccc3C)cccc2n1. The average molecular weight is 573 g/mol. The first-order valence-corrected chi connectivity index (χ1v) is 13.7. The van der Waals surface area contributed by atoms with Gasteiger partial charge in [0.15, 0.2) is 0 Å². The number of carbonyl (C=O) groups excluding carboxylic acids is 1. The molecule has 3 aromatic carbocycles. The van der Waals surface area contributed by atoms with Crippen LogP contribution in [0.1, 0.15) is 45.1 Å². The van der Waals surface area contributed by atoms with Crippen LogP contribution < -0.4 is 16.0 Å². The van der Waals surface area contributed by atoms with Crippen molar-refractivity contribution in [1.29, 1.82) is 0 Å². The van der Waals surface area contributed by atoms with Crippen LogP contribution in [0.4, 0.5) is 24.8 Å². The second-order valence-electron chi connectivity index (χ2n) is 10.3. The normalized spacial score (nSPS) is 15.6. The van der Waals surface area contributed by atoms with E-state index in [2.05, 4.69) is 37.8 Å². The van der Waals surface area contributed by atoms with Crippen LogP contribution in [-0.2, 0) is 12.7 Å². The summed E-state index contributed by atoms with van der Waals surface area (Å²) in [5.74, 6) is 6.31. The summed E-state index contributed by atoms with van der Waals surface area (Å²) < 4.78 is 42.1. The summed E-state index contributed by atoms with van der Waals surface area (Å²) in [5, 5.41) is 9.72. The number of nitrogens with zero attached hydrogens (tertiary/aromatic N) is 3. The molecule has 1 atom stereocenters. The molecule has 0 aliphatic carbocycles. The molecule has 0 bridgehead atoms. The maximum absolute atomic E-state index is 14.0. The second kappa shape index (κ2) is 12.2. The number of hydrogen-bond acceptors (Lipinski definition) is 6. The Morgan fingerprint density at radius 3 is 2.67 bits per heavy atom. The predicted octanol–water partition coefficient (Wildman–Crippen LogP) is 5.44. The van der Waals surface area contributed by atoms with E-state index in [9.17, 15) is 18.0 Å². The highest BCUT2D eigenvalue weighted by Gasteiger charge is 2.35. The van der Waals surface area contributed by atoms with Crippen molar-refractivity contribution in [2.45, 2.75) is 32.6 Å². The second-order valence-corrected chi connectivity index (χ2v) is 10.3. The van der Waals surface area contributed by atoms with Crippen LogP contribution in [-0.4, -0.2) is 53.5 Å². The first-order chi connectivity index (χ1) is 20.1. The minimum absolute atomic E-state index is 0.0545. The van der Waals surface area contributed by atoms with E-state index in [0.717, 1.165) is 28.1 Å². The largest absolute Gasteiger partial charge is 0.416 e. The molecule has 1 aliphatic rings. The van der Waals surface area contributed by atoms with Gasteiger partial charge in [-0.2, -0.15) is 13.2 Å². The molecular weight excluding hydrogens is 541 g/mol. The van der Waals surface area contributed by atoms with Crippen molar-refractivity contribution in [3.8, 4) is 11.8 Å². The highest BCUT2D eigenvalue weighted by atomic mass is 19.4. The maximum Gasteiger partial charge on any atom is 0.416 e. The highest BCUT2D eigenvalue weighted by molar-refractivity contribution is 6.05. The van der Waals surface area contributed by atoms with Crippen LogP contribution in [0.5, 0.6) is 0 Å². The van der Waals surface area contributed by atoms with E-state index >= 15 is 0 Å². The van der Waals surface area contributed by atoms with Crippen LogP contribution in [0.2, 0.25) is 0 Å². The minimum Gasteiger partial charge on any atom is -0.357 e. The van der Waals surface area contributed by atoms with Crippen molar-refractivity contribution in [2.24, 2.45) is 0 Å². The number of aryl methyl sites for hydroxylation is 1. The molecule has 1 unspecified atom stereocenters. The van der Waals surface area contributed by atoms with E-state index in [1.807, 2.05) is 36.9 Å². The van der Waals surface area contributed by atoms with E-state index < -0.39 is 17.6 Å². The number of benzene rings is 3. The summed E-state index contributed by atoms with van der Waals surface area (Å²) >= 11 is 0. The molecule has 4 aromatic rings. The molecule has 216 valence electrons. The summed E-state index contributed by atoms with van der Waals surface area (Å²) in [7, 11) is 1.75. The fourth-order valence-electron chi connectivity index (χ4n) is 4.97. The van der Waals surface area contributed by atoms with Crippen molar-refractivity contribution >= 4 is 28.4 Å². The Bertz CT molecular complexity index is 1690. The molecule has 42 heavy (non-hydrogen) atoms. The summed E-state index contributed by atoms with van der Waals surface area (Å²) in [5.41, 5.74) is 2.72. The fourth-order valence-corrected chi connectivity index (χ4v) is 4.97. The van der Waals surface area contributed by atoms with Gasteiger partial charge in [0.1, 0.15) is 0 Å². The van der Waals surface area contributed by atoms with E-state index in [-0.39, 0.29) is 23.8 Å². The zero-order valence-electron chi connectivity index (χ0n) is 23.6. The van der Waals surface area contributed by atoms with Gasteiger partial charge in [-0.3, -0.25) is 9.69 Å². The summed E-state index contributed by atoms with van der Waals surface area (Å²) in [6.07, 6.45) is -2.84. The third-order valence-electron chi connectivity index (χ3n) is 7.41. The maximum atomic E-state index is 14.0. The van der Waals surface area contributed by atoms with Crippen molar-refractivity contribution in [3.63, 3.8) is 0 Å². The number of nitrogens with one attached hydrogen (secondary N) is 3. The number of amides is 1. The topological polar surface area (TPSA) is 82.2 Å². The summed E-state index contributed by atoms with van der Waals surface area (Å²) in [6, 6.07) is 14.7. The fraction of sp³-hybridized carbons (Fsp3) is 0.281. The molecule has 7 nitrogen and oxygen atoms in total. The van der Waals surface area contributed by atoms with Crippen LogP contribution in [0.15, 0.2) is 60.8 Å². The van der Waals surface area contributed by atoms with E-state index in [1.54, 1.807) is 31.4 Å². The Balaban J connectivity index is 1.44. The van der Waals surface area contributed by atoms with Gasteiger partial charge in [0.05, 0.1) is 11.1 Å². The lowest BCUT2D eigenvalue weighted by molar-refractivity contribution is -0.138.